The van der Waals surface area contributed by atoms with Crippen LogP contribution in [0.4, 0.5) is 0 Å². The predicted octanol–water partition coefficient (Wildman–Crippen LogP) is 3.36. The Bertz CT molecular complexity index is 689. The minimum absolute atomic E-state index is 0.372. The molecule has 0 spiro atoms. The van der Waals surface area contributed by atoms with Gasteiger partial charge in [-0.05, 0) is 43.3 Å². The molecule has 2 aromatic rings. The summed E-state index contributed by atoms with van der Waals surface area (Å²) < 4.78 is 5.38. The monoisotopic (exact) mass is 375 g/mol. The molecule has 1 unspecified atom stereocenters. The maximum absolute atomic E-state index is 5.38. The number of likely N-dealkylation sites (tertiary alicyclic amines) is 1. The van der Waals surface area contributed by atoms with Crippen LogP contribution in [0, 0.1) is 0 Å². The molecule has 0 aromatic carbocycles. The van der Waals surface area contributed by atoms with E-state index < -0.39 is 0 Å². The number of guanidine groups is 1. The van der Waals surface area contributed by atoms with Gasteiger partial charge in [0.05, 0.1) is 18.3 Å². The fourth-order valence-electron chi connectivity index (χ4n) is 3.21. The highest BCUT2D eigenvalue weighted by atomic mass is 32.1. The van der Waals surface area contributed by atoms with Crippen molar-refractivity contribution < 1.29 is 4.52 Å². The third-order valence-electron chi connectivity index (χ3n) is 4.74. The Morgan fingerprint density at radius 1 is 1.35 bits per heavy atom. The molecule has 6 nitrogen and oxygen atoms in total. The second-order valence-electron chi connectivity index (χ2n) is 6.95. The molecule has 1 fully saturated rings. The highest BCUT2D eigenvalue weighted by Gasteiger charge is 2.24. The van der Waals surface area contributed by atoms with Crippen LogP contribution in [-0.2, 0) is 6.54 Å². The van der Waals surface area contributed by atoms with Crippen LogP contribution < -0.4 is 10.6 Å². The molecular weight excluding hydrogens is 346 g/mol. The number of nitrogens with one attached hydrogen (secondary N) is 2. The SMILES string of the molecule is CN=C(NCc1cc(C(C)C)no1)NCC(c1cccs1)N1CCCC1. The van der Waals surface area contributed by atoms with Crippen LogP contribution in [0.5, 0.6) is 0 Å². The number of hydrogen-bond donors (Lipinski definition) is 2. The molecule has 0 radical (unpaired) electrons. The van der Waals surface area contributed by atoms with E-state index in [4.69, 9.17) is 4.52 Å². The average molecular weight is 376 g/mol. The lowest BCUT2D eigenvalue weighted by Gasteiger charge is -2.27. The summed E-state index contributed by atoms with van der Waals surface area (Å²) in [6.45, 7) is 7.98. The van der Waals surface area contributed by atoms with Crippen molar-refractivity contribution in [3.05, 3.63) is 39.9 Å². The minimum atomic E-state index is 0.372. The number of aliphatic imine (C=N–C) groups is 1. The molecule has 0 bridgehead atoms. The van der Waals surface area contributed by atoms with E-state index in [1.54, 1.807) is 7.05 Å². The molecule has 2 aromatic heterocycles. The van der Waals surface area contributed by atoms with Crippen LogP contribution in [-0.4, -0.2) is 42.7 Å². The number of aromatic nitrogens is 1. The van der Waals surface area contributed by atoms with Crippen molar-refractivity contribution in [1.82, 2.24) is 20.7 Å². The minimum Gasteiger partial charge on any atom is -0.359 e. The number of nitrogens with zero attached hydrogens (tertiary/aromatic N) is 3. The molecule has 0 aliphatic carbocycles. The Kier molecular flexibility index (Phi) is 6.68. The third kappa shape index (κ3) is 4.86. The van der Waals surface area contributed by atoms with Crippen LogP contribution in [0.2, 0.25) is 0 Å². The lowest BCUT2D eigenvalue weighted by Crippen LogP contribution is -2.42. The zero-order chi connectivity index (χ0) is 18.4. The van der Waals surface area contributed by atoms with Gasteiger partial charge in [-0.25, -0.2) is 0 Å². The van der Waals surface area contributed by atoms with E-state index >= 15 is 0 Å². The Balaban J connectivity index is 1.54. The predicted molar refractivity (Wildman–Crippen MR) is 107 cm³/mol. The van der Waals surface area contributed by atoms with Gasteiger partial charge in [0.15, 0.2) is 11.7 Å². The molecule has 142 valence electrons. The van der Waals surface area contributed by atoms with Crippen molar-refractivity contribution in [3.8, 4) is 0 Å². The van der Waals surface area contributed by atoms with E-state index in [0.29, 0.717) is 18.5 Å². The highest BCUT2D eigenvalue weighted by molar-refractivity contribution is 7.10. The second-order valence-corrected chi connectivity index (χ2v) is 7.93. The van der Waals surface area contributed by atoms with Crippen LogP contribution >= 0.6 is 11.3 Å². The van der Waals surface area contributed by atoms with E-state index in [1.807, 2.05) is 17.4 Å². The standard InChI is InChI=1S/C19H29N5OS/c1-14(2)16-11-15(25-23-16)12-21-19(20-3)22-13-17(18-7-6-10-26-18)24-8-4-5-9-24/h6-7,10-11,14,17H,4-5,8-9,12-13H2,1-3H3,(H2,20,21,22). The smallest absolute Gasteiger partial charge is 0.191 e. The first-order valence-corrected chi connectivity index (χ1v) is 10.2. The van der Waals surface area contributed by atoms with Gasteiger partial charge in [-0.15, -0.1) is 11.3 Å². The largest absolute Gasteiger partial charge is 0.359 e. The van der Waals surface area contributed by atoms with Crippen molar-refractivity contribution in [2.45, 2.75) is 45.2 Å². The first-order valence-electron chi connectivity index (χ1n) is 9.35. The van der Waals surface area contributed by atoms with Crippen molar-refractivity contribution >= 4 is 17.3 Å². The molecule has 1 aliphatic heterocycles. The van der Waals surface area contributed by atoms with Crippen LogP contribution in [0.15, 0.2) is 33.1 Å². The maximum atomic E-state index is 5.38. The molecule has 3 heterocycles. The van der Waals surface area contributed by atoms with E-state index in [2.05, 4.69) is 57.0 Å². The molecule has 0 amide bonds. The molecule has 2 N–H and O–H groups in total. The number of hydrogen-bond acceptors (Lipinski definition) is 5. The zero-order valence-electron chi connectivity index (χ0n) is 15.9. The normalized spacial score (nSPS) is 17.0. The molecular formula is C19H29N5OS. The Labute approximate surface area is 159 Å². The van der Waals surface area contributed by atoms with E-state index in [-0.39, 0.29) is 0 Å². The lowest BCUT2D eigenvalue weighted by molar-refractivity contribution is 0.249. The summed E-state index contributed by atoms with van der Waals surface area (Å²) in [6.07, 6.45) is 2.58. The van der Waals surface area contributed by atoms with Crippen molar-refractivity contribution in [2.75, 3.05) is 26.7 Å². The lowest BCUT2D eigenvalue weighted by atomic mass is 10.1. The zero-order valence-corrected chi connectivity index (χ0v) is 16.7. The molecule has 0 saturated carbocycles. The fraction of sp³-hybridized carbons (Fsp3) is 0.579. The summed E-state index contributed by atoms with van der Waals surface area (Å²) in [6, 6.07) is 6.76. The Morgan fingerprint density at radius 3 is 2.77 bits per heavy atom. The molecule has 26 heavy (non-hydrogen) atoms. The van der Waals surface area contributed by atoms with Gasteiger partial charge >= 0.3 is 0 Å². The number of rotatable bonds is 7. The number of thiophene rings is 1. The summed E-state index contributed by atoms with van der Waals surface area (Å²) >= 11 is 1.83. The molecule has 1 saturated heterocycles. The van der Waals surface area contributed by atoms with Gasteiger partial charge in [0.25, 0.3) is 0 Å². The van der Waals surface area contributed by atoms with E-state index in [9.17, 15) is 0 Å². The Morgan fingerprint density at radius 2 is 2.15 bits per heavy atom. The molecule has 3 rings (SSSR count). The summed E-state index contributed by atoms with van der Waals surface area (Å²) in [5.74, 6) is 1.98. The van der Waals surface area contributed by atoms with Gasteiger partial charge in [0.1, 0.15) is 0 Å². The average Bonchev–Trinajstić information content (AvgIpc) is 3.40. The van der Waals surface area contributed by atoms with Gasteiger partial charge in [-0.3, -0.25) is 9.89 Å². The summed E-state index contributed by atoms with van der Waals surface area (Å²) in [7, 11) is 1.80. The van der Waals surface area contributed by atoms with Gasteiger partial charge in [0.2, 0.25) is 0 Å². The van der Waals surface area contributed by atoms with E-state index in [0.717, 1.165) is 24.0 Å². The van der Waals surface area contributed by atoms with Crippen molar-refractivity contribution in [3.63, 3.8) is 0 Å². The first-order chi connectivity index (χ1) is 12.7. The van der Waals surface area contributed by atoms with E-state index in [1.165, 1.54) is 30.8 Å². The molecule has 1 aliphatic rings. The highest BCUT2D eigenvalue weighted by Crippen LogP contribution is 2.27. The summed E-state index contributed by atoms with van der Waals surface area (Å²) in [5.41, 5.74) is 0.983. The second kappa shape index (κ2) is 9.19. The van der Waals surface area contributed by atoms with Gasteiger partial charge in [0, 0.05) is 24.5 Å². The van der Waals surface area contributed by atoms with Gasteiger partial charge < -0.3 is 15.2 Å². The van der Waals surface area contributed by atoms with Gasteiger partial charge in [-0.2, -0.15) is 0 Å². The maximum Gasteiger partial charge on any atom is 0.191 e. The molecule has 7 heteroatoms. The van der Waals surface area contributed by atoms with Crippen LogP contribution in [0.1, 0.15) is 55.0 Å². The fourth-order valence-corrected chi connectivity index (χ4v) is 4.07. The third-order valence-corrected chi connectivity index (χ3v) is 5.71. The topological polar surface area (TPSA) is 65.7 Å². The quantitative estimate of drug-likeness (QED) is 0.574. The summed E-state index contributed by atoms with van der Waals surface area (Å²) in [5, 5.41) is 13.0. The molecule has 1 atom stereocenters. The van der Waals surface area contributed by atoms with Crippen LogP contribution in [0.3, 0.4) is 0 Å². The summed E-state index contributed by atoms with van der Waals surface area (Å²) in [4.78, 5) is 8.32. The van der Waals surface area contributed by atoms with Crippen molar-refractivity contribution in [2.24, 2.45) is 4.99 Å². The first kappa shape index (κ1) is 18.9. The van der Waals surface area contributed by atoms with Crippen LogP contribution in [0.25, 0.3) is 0 Å². The van der Waals surface area contributed by atoms with Crippen molar-refractivity contribution in [1.29, 1.82) is 0 Å². The van der Waals surface area contributed by atoms with Gasteiger partial charge in [-0.1, -0.05) is 25.1 Å². The Hall–Kier alpha value is -1.86.